The van der Waals surface area contributed by atoms with Crippen LogP contribution in [-0.2, 0) is 42.9 Å². The Hall–Kier alpha value is -3.45. The zero-order valence-electron chi connectivity index (χ0n) is 22.6. The first-order chi connectivity index (χ1) is 19.3. The largest absolute Gasteiger partial charge is 0.433 e. The van der Waals surface area contributed by atoms with E-state index in [0.29, 0.717) is 30.8 Å². The molecule has 13 heteroatoms. The number of pyridine rings is 1. The van der Waals surface area contributed by atoms with E-state index < -0.39 is 35.0 Å². The number of ether oxygens (including phenoxy) is 1. The van der Waals surface area contributed by atoms with Crippen molar-refractivity contribution in [3.05, 3.63) is 70.4 Å². The molecule has 0 radical (unpaired) electrons. The first-order valence-electron chi connectivity index (χ1n) is 13.4. The van der Waals surface area contributed by atoms with Gasteiger partial charge in [0, 0.05) is 56.4 Å². The second-order valence-electron chi connectivity index (χ2n) is 11.4. The molecular formula is C28H29F5N6O2. The summed E-state index contributed by atoms with van der Waals surface area (Å²) in [6.07, 6.45) is -2.93. The van der Waals surface area contributed by atoms with Gasteiger partial charge in [-0.2, -0.15) is 13.2 Å². The zero-order valence-corrected chi connectivity index (χ0v) is 22.6. The Morgan fingerprint density at radius 2 is 1.93 bits per heavy atom. The maximum atomic E-state index is 14.0. The van der Waals surface area contributed by atoms with Crippen LogP contribution in [0, 0.1) is 5.92 Å². The number of likely N-dealkylation sites (tertiary alicyclic amines) is 1. The Balaban J connectivity index is 1.28. The number of anilines is 1. The van der Waals surface area contributed by atoms with Crippen molar-refractivity contribution in [1.29, 1.82) is 0 Å². The molecule has 5 heterocycles. The normalized spacial score (nSPS) is 22.1. The lowest BCUT2D eigenvalue weighted by Gasteiger charge is -2.41. The summed E-state index contributed by atoms with van der Waals surface area (Å²) in [5.74, 6) is -3.51. The van der Waals surface area contributed by atoms with Gasteiger partial charge in [-0.1, -0.05) is 19.1 Å². The SMILES string of the molecule is CC1CN(Cc2cc(N3Cc4ccc(C5(Cc6nncn6C)COC5)cc4C3=O)nc(C(F)(F)F)c2)CCC1(F)F. The number of fused-ring (bicyclic) bond motifs is 1. The molecule has 0 aliphatic carbocycles. The van der Waals surface area contributed by atoms with Gasteiger partial charge in [0.15, 0.2) is 0 Å². The second kappa shape index (κ2) is 9.83. The van der Waals surface area contributed by atoms with Gasteiger partial charge in [0.05, 0.1) is 19.8 Å². The van der Waals surface area contributed by atoms with Crippen molar-refractivity contribution >= 4 is 11.7 Å². The Morgan fingerprint density at radius 1 is 1.15 bits per heavy atom. The van der Waals surface area contributed by atoms with Crippen LogP contribution < -0.4 is 4.90 Å². The minimum Gasteiger partial charge on any atom is -0.379 e. The molecule has 3 aliphatic heterocycles. The number of aryl methyl sites for hydroxylation is 1. The van der Waals surface area contributed by atoms with Crippen LogP contribution >= 0.6 is 0 Å². The lowest BCUT2D eigenvalue weighted by molar-refractivity contribution is -0.141. The topological polar surface area (TPSA) is 76.4 Å². The number of amides is 1. The average molecular weight is 577 g/mol. The molecule has 0 spiro atoms. The van der Waals surface area contributed by atoms with Gasteiger partial charge in [0.1, 0.15) is 23.7 Å². The van der Waals surface area contributed by atoms with Gasteiger partial charge in [0.2, 0.25) is 0 Å². The second-order valence-corrected chi connectivity index (χ2v) is 11.4. The number of hydrogen-bond donors (Lipinski definition) is 0. The molecule has 0 saturated carbocycles. The fourth-order valence-electron chi connectivity index (χ4n) is 5.82. The monoisotopic (exact) mass is 576 g/mol. The molecule has 8 nitrogen and oxygen atoms in total. The van der Waals surface area contributed by atoms with Crippen LogP contribution in [0.2, 0.25) is 0 Å². The molecule has 0 N–H and O–H groups in total. The molecule has 1 aromatic carbocycles. The highest BCUT2D eigenvalue weighted by Crippen LogP contribution is 2.39. The third kappa shape index (κ3) is 5.09. The number of hydrogen-bond acceptors (Lipinski definition) is 6. The average Bonchev–Trinajstić information content (AvgIpc) is 3.45. The number of aromatic nitrogens is 4. The predicted octanol–water partition coefficient (Wildman–Crippen LogP) is 4.38. The summed E-state index contributed by atoms with van der Waals surface area (Å²) in [5.41, 5.74) is 0.709. The van der Waals surface area contributed by atoms with Gasteiger partial charge in [-0.05, 0) is 34.9 Å². The van der Waals surface area contributed by atoms with Crippen LogP contribution in [-0.4, -0.2) is 62.8 Å². The van der Waals surface area contributed by atoms with Crippen LogP contribution in [0.25, 0.3) is 0 Å². The fraction of sp³-hybridized carbons (Fsp3) is 0.500. The maximum absolute atomic E-state index is 14.0. The van der Waals surface area contributed by atoms with Gasteiger partial charge >= 0.3 is 6.18 Å². The number of benzene rings is 1. The molecule has 3 aromatic rings. The third-order valence-corrected chi connectivity index (χ3v) is 8.44. The Labute approximate surface area is 233 Å². The molecule has 41 heavy (non-hydrogen) atoms. The predicted molar refractivity (Wildman–Crippen MR) is 137 cm³/mol. The molecule has 218 valence electrons. The minimum absolute atomic E-state index is 0.0444. The van der Waals surface area contributed by atoms with Crippen molar-refractivity contribution in [3.63, 3.8) is 0 Å². The van der Waals surface area contributed by atoms with Crippen LogP contribution in [0.5, 0.6) is 0 Å². The lowest BCUT2D eigenvalue weighted by Crippen LogP contribution is -2.49. The Kier molecular flexibility index (Phi) is 6.64. The van der Waals surface area contributed by atoms with Crippen molar-refractivity contribution in [2.75, 3.05) is 31.2 Å². The summed E-state index contributed by atoms with van der Waals surface area (Å²) in [4.78, 5) is 20.4. The van der Waals surface area contributed by atoms with Crippen LogP contribution in [0.3, 0.4) is 0 Å². The van der Waals surface area contributed by atoms with Crippen LogP contribution in [0.1, 0.15) is 51.9 Å². The first kappa shape index (κ1) is 27.7. The van der Waals surface area contributed by atoms with E-state index in [0.717, 1.165) is 17.5 Å². The number of halogens is 5. The van der Waals surface area contributed by atoms with Gasteiger partial charge in [-0.25, -0.2) is 13.8 Å². The van der Waals surface area contributed by atoms with E-state index in [9.17, 15) is 26.7 Å². The van der Waals surface area contributed by atoms with E-state index in [-0.39, 0.29) is 44.0 Å². The molecule has 2 saturated heterocycles. The van der Waals surface area contributed by atoms with Crippen LogP contribution in [0.15, 0.2) is 36.7 Å². The molecule has 1 unspecified atom stereocenters. The molecule has 1 amide bonds. The summed E-state index contributed by atoms with van der Waals surface area (Å²) < 4.78 is 76.9. The maximum Gasteiger partial charge on any atom is 0.433 e. The molecule has 2 fully saturated rings. The lowest BCUT2D eigenvalue weighted by atomic mass is 9.75. The third-order valence-electron chi connectivity index (χ3n) is 8.44. The number of piperidine rings is 1. The quantitative estimate of drug-likeness (QED) is 0.406. The van der Waals surface area contributed by atoms with Crippen molar-refractivity contribution in [2.24, 2.45) is 13.0 Å². The summed E-state index contributed by atoms with van der Waals surface area (Å²) >= 11 is 0. The highest BCUT2D eigenvalue weighted by molar-refractivity contribution is 6.09. The Morgan fingerprint density at radius 3 is 2.56 bits per heavy atom. The van der Waals surface area contributed by atoms with Gasteiger partial charge in [-0.3, -0.25) is 14.6 Å². The molecule has 2 aromatic heterocycles. The first-order valence-corrected chi connectivity index (χ1v) is 13.4. The van der Waals surface area contributed by atoms with E-state index >= 15 is 0 Å². The summed E-state index contributed by atoms with van der Waals surface area (Å²) in [6.45, 7) is 2.55. The highest BCUT2D eigenvalue weighted by atomic mass is 19.4. The number of nitrogens with zero attached hydrogens (tertiary/aromatic N) is 6. The summed E-state index contributed by atoms with van der Waals surface area (Å²) in [7, 11) is 1.85. The molecular weight excluding hydrogens is 547 g/mol. The van der Waals surface area contributed by atoms with Gasteiger partial charge < -0.3 is 9.30 Å². The summed E-state index contributed by atoms with van der Waals surface area (Å²) in [5, 5.41) is 8.12. The van der Waals surface area contributed by atoms with Gasteiger partial charge in [0.25, 0.3) is 11.8 Å². The minimum atomic E-state index is -4.74. The number of rotatable bonds is 6. The van der Waals surface area contributed by atoms with E-state index in [2.05, 4.69) is 15.2 Å². The molecule has 1 atom stereocenters. The van der Waals surface area contributed by atoms with E-state index in [1.54, 1.807) is 17.3 Å². The molecule has 0 bridgehead atoms. The Bertz CT molecular complexity index is 1480. The van der Waals surface area contributed by atoms with Crippen molar-refractivity contribution < 1.29 is 31.5 Å². The standard InChI is InChI=1S/C28H29F5N6O2/c1-17-11-38(6-5-27(17,29)30)12-18-7-22(28(31,32)33)35-23(8-18)39-13-19-3-4-20(9-21(19)25(39)40)26(14-41-15-26)10-24-36-34-16-37(24)2/h3-4,7-9,16-17H,5-6,10-15H2,1-2H3. The number of alkyl halides is 5. The fourth-order valence-corrected chi connectivity index (χ4v) is 5.82. The number of carbonyl (C=O) groups excluding carboxylic acids is 1. The number of carbonyl (C=O) groups is 1. The van der Waals surface area contributed by atoms with Crippen molar-refractivity contribution in [2.45, 2.75) is 50.4 Å². The van der Waals surface area contributed by atoms with Crippen LogP contribution in [0.4, 0.5) is 27.8 Å². The van der Waals surface area contributed by atoms with E-state index in [1.165, 1.54) is 17.9 Å². The molecule has 3 aliphatic rings. The zero-order chi connectivity index (χ0) is 29.2. The van der Waals surface area contributed by atoms with Crippen molar-refractivity contribution in [1.82, 2.24) is 24.6 Å². The van der Waals surface area contributed by atoms with E-state index in [4.69, 9.17) is 4.74 Å². The van der Waals surface area contributed by atoms with E-state index in [1.807, 2.05) is 23.7 Å². The van der Waals surface area contributed by atoms with Gasteiger partial charge in [-0.15, -0.1) is 10.2 Å². The molecule has 6 rings (SSSR count). The summed E-state index contributed by atoms with van der Waals surface area (Å²) in [6, 6.07) is 7.92. The highest BCUT2D eigenvalue weighted by Gasteiger charge is 2.44. The van der Waals surface area contributed by atoms with Crippen molar-refractivity contribution in [3.8, 4) is 0 Å². The smallest absolute Gasteiger partial charge is 0.379 e.